The van der Waals surface area contributed by atoms with Crippen molar-refractivity contribution in [2.45, 2.75) is 46.1 Å². The second kappa shape index (κ2) is 11.6. The van der Waals surface area contributed by atoms with Crippen LogP contribution in [-0.2, 0) is 6.61 Å². The zero-order chi connectivity index (χ0) is 21.1. The molecule has 1 fully saturated rings. The van der Waals surface area contributed by atoms with E-state index in [1.165, 1.54) is 0 Å². The molecule has 0 aliphatic heterocycles. The summed E-state index contributed by atoms with van der Waals surface area (Å²) in [5.41, 5.74) is 15.1. The van der Waals surface area contributed by atoms with E-state index in [-0.39, 0.29) is 11.6 Å². The van der Waals surface area contributed by atoms with Crippen molar-refractivity contribution >= 4 is 11.4 Å². The molecule has 0 heterocycles. The molecule has 0 amide bonds. The van der Waals surface area contributed by atoms with Gasteiger partial charge in [0.05, 0.1) is 11.4 Å². The Balaban J connectivity index is 0.00000145. The molecule has 0 unspecified atom stereocenters. The molecule has 0 atom stereocenters. The molecule has 1 aliphatic rings. The Hall–Kier alpha value is -3.26. The number of rotatable bonds is 6. The fourth-order valence-electron chi connectivity index (χ4n) is 3.23. The maximum Gasteiger partial charge on any atom is 0.165 e. The van der Waals surface area contributed by atoms with Gasteiger partial charge in [0, 0.05) is 11.6 Å². The summed E-state index contributed by atoms with van der Waals surface area (Å²) in [4.78, 5) is 4.37. The number of allylic oxidation sites excluding steroid dienone is 2. The van der Waals surface area contributed by atoms with Crippen molar-refractivity contribution in [3.05, 3.63) is 71.6 Å². The molecule has 0 bridgehead atoms. The van der Waals surface area contributed by atoms with Gasteiger partial charge in [-0.1, -0.05) is 57.0 Å². The normalized spacial score (nSPS) is 15.0. The van der Waals surface area contributed by atoms with E-state index in [2.05, 4.69) is 11.1 Å². The number of aliphatic imine (C=N–C) groups is 1. The fraction of sp³-hybridized carbons (Fsp3) is 0.333. The average molecular weight is 391 g/mol. The molecule has 2 aromatic carbocycles. The van der Waals surface area contributed by atoms with Gasteiger partial charge in [-0.15, -0.1) is 0 Å². The molecule has 2 aromatic rings. The summed E-state index contributed by atoms with van der Waals surface area (Å²) in [5, 5.41) is 9.44. The Kier molecular flexibility index (Phi) is 8.78. The minimum atomic E-state index is 0.164. The van der Waals surface area contributed by atoms with E-state index in [1.807, 2.05) is 56.3 Å². The first-order chi connectivity index (χ1) is 14.2. The Bertz CT molecular complexity index is 858. The quantitative estimate of drug-likeness (QED) is 0.662. The van der Waals surface area contributed by atoms with Crippen molar-refractivity contribution in [1.82, 2.24) is 0 Å². The van der Waals surface area contributed by atoms with E-state index in [1.54, 1.807) is 12.1 Å². The lowest BCUT2D eigenvalue weighted by molar-refractivity contribution is 0.306. The highest BCUT2D eigenvalue weighted by Crippen LogP contribution is 2.30. The van der Waals surface area contributed by atoms with Crippen LogP contribution in [0.3, 0.4) is 0 Å². The number of ether oxygens (including phenoxy) is 1. The average Bonchev–Trinajstić information content (AvgIpc) is 3.33. The van der Waals surface area contributed by atoms with Gasteiger partial charge < -0.3 is 16.2 Å². The van der Waals surface area contributed by atoms with E-state index in [9.17, 15) is 5.26 Å². The predicted octanol–water partition coefficient (Wildman–Crippen LogP) is 5.21. The number of nitrogens with two attached hydrogens (primary N) is 2. The highest BCUT2D eigenvalue weighted by atomic mass is 16.5. The van der Waals surface area contributed by atoms with Gasteiger partial charge in [0.2, 0.25) is 0 Å². The minimum absolute atomic E-state index is 0.164. The number of nitrogens with zero attached hydrogens (tertiary/aromatic N) is 2. The van der Waals surface area contributed by atoms with E-state index < -0.39 is 0 Å². The van der Waals surface area contributed by atoms with Gasteiger partial charge in [-0.05, 0) is 42.7 Å². The van der Waals surface area contributed by atoms with Crippen LogP contribution in [0.25, 0.3) is 0 Å². The third kappa shape index (κ3) is 6.39. The standard InChI is InChI=1S/C22H24N4O.C2H6/c23-14-20(22(25)21(24)17-8-4-5-9-17)26-18-10-12-19(13-11-18)27-15-16-6-2-1-3-7-16;1-2/h1-3,6-7,10-13,17H,4-5,8-9,15,24-25H2;1-2H3/b22-21+,26-20?;. The molecule has 5 nitrogen and oxygen atoms in total. The summed E-state index contributed by atoms with van der Waals surface area (Å²) in [6.45, 7) is 4.50. The lowest BCUT2D eigenvalue weighted by Crippen LogP contribution is -2.21. The van der Waals surface area contributed by atoms with E-state index in [4.69, 9.17) is 16.2 Å². The second-order valence-electron chi connectivity index (χ2n) is 6.69. The summed E-state index contributed by atoms with van der Waals surface area (Å²) in [6.07, 6.45) is 4.36. The van der Waals surface area contributed by atoms with Crippen LogP contribution in [0.15, 0.2) is 71.0 Å². The van der Waals surface area contributed by atoms with Crippen LogP contribution in [0.5, 0.6) is 5.75 Å². The Labute approximate surface area is 173 Å². The van der Waals surface area contributed by atoms with Crippen molar-refractivity contribution in [2.75, 3.05) is 0 Å². The molecule has 1 aliphatic carbocycles. The first-order valence-corrected chi connectivity index (χ1v) is 10.2. The lowest BCUT2D eigenvalue weighted by Gasteiger charge is -2.12. The maximum absolute atomic E-state index is 9.44. The zero-order valence-electron chi connectivity index (χ0n) is 17.3. The van der Waals surface area contributed by atoms with Crippen LogP contribution < -0.4 is 16.2 Å². The van der Waals surface area contributed by atoms with Crippen LogP contribution in [0, 0.1) is 17.2 Å². The fourth-order valence-corrected chi connectivity index (χ4v) is 3.23. The molecule has 152 valence electrons. The van der Waals surface area contributed by atoms with Crippen LogP contribution >= 0.6 is 0 Å². The van der Waals surface area contributed by atoms with Gasteiger partial charge in [-0.25, -0.2) is 4.99 Å². The number of hydrogen-bond acceptors (Lipinski definition) is 5. The summed E-state index contributed by atoms with van der Waals surface area (Å²) >= 11 is 0. The third-order valence-corrected chi connectivity index (χ3v) is 4.79. The first-order valence-electron chi connectivity index (χ1n) is 10.2. The molecule has 3 rings (SSSR count). The number of nitriles is 1. The molecular formula is C24H30N4O. The van der Waals surface area contributed by atoms with Gasteiger partial charge in [0.25, 0.3) is 0 Å². The van der Waals surface area contributed by atoms with Crippen LogP contribution in [0.1, 0.15) is 45.1 Å². The number of hydrogen-bond donors (Lipinski definition) is 2. The molecular weight excluding hydrogens is 360 g/mol. The van der Waals surface area contributed by atoms with Crippen LogP contribution in [-0.4, -0.2) is 5.71 Å². The van der Waals surface area contributed by atoms with Crippen molar-refractivity contribution in [1.29, 1.82) is 5.26 Å². The van der Waals surface area contributed by atoms with Crippen molar-refractivity contribution < 1.29 is 4.74 Å². The Morgan fingerprint density at radius 3 is 2.24 bits per heavy atom. The van der Waals surface area contributed by atoms with Gasteiger partial charge in [-0.3, -0.25) is 0 Å². The highest BCUT2D eigenvalue weighted by Gasteiger charge is 2.21. The molecule has 0 aromatic heterocycles. The molecule has 5 heteroatoms. The van der Waals surface area contributed by atoms with E-state index >= 15 is 0 Å². The number of benzene rings is 2. The SMILES string of the molecule is CC.N#CC(=Nc1ccc(OCc2ccccc2)cc1)/C(N)=C(\N)C1CCCC1. The smallest absolute Gasteiger partial charge is 0.165 e. The summed E-state index contributed by atoms with van der Waals surface area (Å²) < 4.78 is 5.76. The molecule has 0 radical (unpaired) electrons. The maximum atomic E-state index is 9.44. The highest BCUT2D eigenvalue weighted by molar-refractivity contribution is 6.12. The summed E-state index contributed by atoms with van der Waals surface area (Å²) in [6, 6.07) is 19.3. The van der Waals surface area contributed by atoms with Gasteiger partial charge >= 0.3 is 0 Å². The zero-order valence-corrected chi connectivity index (χ0v) is 17.3. The molecule has 0 spiro atoms. The predicted molar refractivity (Wildman–Crippen MR) is 119 cm³/mol. The van der Waals surface area contributed by atoms with Crippen molar-refractivity contribution in [2.24, 2.45) is 22.4 Å². The third-order valence-electron chi connectivity index (χ3n) is 4.79. The Morgan fingerprint density at radius 1 is 1.03 bits per heavy atom. The van der Waals surface area contributed by atoms with Crippen molar-refractivity contribution in [3.63, 3.8) is 0 Å². The van der Waals surface area contributed by atoms with Gasteiger partial charge in [0.1, 0.15) is 18.4 Å². The lowest BCUT2D eigenvalue weighted by atomic mass is 10.0. The molecule has 29 heavy (non-hydrogen) atoms. The monoisotopic (exact) mass is 390 g/mol. The summed E-state index contributed by atoms with van der Waals surface area (Å²) in [5.74, 6) is 1.00. The van der Waals surface area contributed by atoms with Crippen molar-refractivity contribution in [3.8, 4) is 11.8 Å². The first kappa shape index (κ1) is 22.0. The topological polar surface area (TPSA) is 97.4 Å². The molecule has 0 saturated heterocycles. The minimum Gasteiger partial charge on any atom is -0.489 e. The Morgan fingerprint density at radius 2 is 1.66 bits per heavy atom. The summed E-state index contributed by atoms with van der Waals surface area (Å²) in [7, 11) is 0. The van der Waals surface area contributed by atoms with Gasteiger partial charge in [-0.2, -0.15) is 5.26 Å². The van der Waals surface area contributed by atoms with Gasteiger partial charge in [0.15, 0.2) is 5.71 Å². The molecule has 4 N–H and O–H groups in total. The van der Waals surface area contributed by atoms with E-state index in [0.29, 0.717) is 23.7 Å². The van der Waals surface area contributed by atoms with Crippen LogP contribution in [0.4, 0.5) is 5.69 Å². The molecule has 1 saturated carbocycles. The second-order valence-corrected chi connectivity index (χ2v) is 6.69. The van der Waals surface area contributed by atoms with E-state index in [0.717, 1.165) is 37.0 Å². The largest absolute Gasteiger partial charge is 0.489 e. The van der Waals surface area contributed by atoms with Crippen LogP contribution in [0.2, 0.25) is 0 Å².